The number of thiophene rings is 1. The molecule has 1 heterocycles. The minimum absolute atomic E-state index is 0.574. The molecule has 0 atom stereocenters. The van der Waals surface area contributed by atoms with Gasteiger partial charge in [-0.1, -0.05) is 56.8 Å². The van der Waals surface area contributed by atoms with Crippen molar-refractivity contribution in [1.29, 1.82) is 0 Å². The molecule has 0 aliphatic rings. The molecular formula is C15H24ClNS. The molecule has 0 aromatic carbocycles. The Morgan fingerprint density at radius 1 is 1.50 bits per heavy atom. The molecule has 0 fully saturated rings. The van der Waals surface area contributed by atoms with Gasteiger partial charge in [0.25, 0.3) is 0 Å². The third-order valence-electron chi connectivity index (χ3n) is 1.77. The van der Waals surface area contributed by atoms with Gasteiger partial charge in [0.05, 0.1) is 0 Å². The zero-order valence-corrected chi connectivity index (χ0v) is 13.2. The van der Waals surface area contributed by atoms with Crippen LogP contribution in [-0.4, -0.2) is 6.54 Å². The van der Waals surface area contributed by atoms with Gasteiger partial charge in [0, 0.05) is 9.91 Å². The molecule has 0 spiro atoms. The molecule has 1 nitrogen and oxygen atoms in total. The van der Waals surface area contributed by atoms with Crippen molar-refractivity contribution in [2.45, 2.75) is 27.2 Å². The van der Waals surface area contributed by atoms with Crippen LogP contribution in [0.5, 0.6) is 0 Å². The van der Waals surface area contributed by atoms with Gasteiger partial charge in [0.1, 0.15) is 0 Å². The average molecular weight is 286 g/mol. The van der Waals surface area contributed by atoms with Gasteiger partial charge in [0.2, 0.25) is 0 Å². The van der Waals surface area contributed by atoms with Gasteiger partial charge in [-0.25, -0.2) is 0 Å². The Labute approximate surface area is 121 Å². The van der Waals surface area contributed by atoms with E-state index in [1.807, 2.05) is 26.8 Å². The zero-order chi connectivity index (χ0) is 14.4. The summed E-state index contributed by atoms with van der Waals surface area (Å²) in [6.07, 6.45) is 4.52. The molecule has 0 aliphatic carbocycles. The highest BCUT2D eigenvalue weighted by molar-refractivity contribution is 7.09. The molecule has 18 heavy (non-hydrogen) atoms. The van der Waals surface area contributed by atoms with Crippen LogP contribution in [0.15, 0.2) is 53.4 Å². The summed E-state index contributed by atoms with van der Waals surface area (Å²) < 4.78 is 0. The molecule has 2 N–H and O–H groups in total. The fraction of sp³-hybridized carbons (Fsp3) is 0.333. The van der Waals surface area contributed by atoms with Crippen LogP contribution in [-0.2, 0) is 6.42 Å². The van der Waals surface area contributed by atoms with E-state index in [0.29, 0.717) is 5.03 Å². The maximum Gasteiger partial charge on any atom is 0.0363 e. The topological polar surface area (TPSA) is 26.0 Å². The fourth-order valence-electron chi connectivity index (χ4n) is 0.864. The lowest BCUT2D eigenvalue weighted by Gasteiger charge is -1.89. The minimum Gasteiger partial charge on any atom is -0.330 e. The molecule has 1 aromatic rings. The first-order valence-electron chi connectivity index (χ1n) is 5.98. The second-order valence-corrected chi connectivity index (χ2v) is 4.60. The van der Waals surface area contributed by atoms with Crippen molar-refractivity contribution in [3.63, 3.8) is 0 Å². The van der Waals surface area contributed by atoms with Gasteiger partial charge >= 0.3 is 0 Å². The lowest BCUT2D eigenvalue weighted by molar-refractivity contribution is 0.989. The molecule has 0 bridgehead atoms. The molecule has 3 heteroatoms. The van der Waals surface area contributed by atoms with E-state index in [1.54, 1.807) is 17.4 Å². The van der Waals surface area contributed by atoms with E-state index >= 15 is 0 Å². The number of allylic oxidation sites excluding steroid dienone is 4. The standard InChI is InChI=1S/C7H9Cl.C6H9NS.C2H6/c1-4-5-6(2)7(3)8;7-4-3-6-2-1-5-8-6;1-2/h4-5H,1,3H2,2H3;1-2,5H,3-4,7H2;1-2H3/b6-5-;;. The van der Waals surface area contributed by atoms with Crippen molar-refractivity contribution in [3.8, 4) is 0 Å². The Hall–Kier alpha value is -0.830. The van der Waals surface area contributed by atoms with E-state index in [1.165, 1.54) is 4.88 Å². The van der Waals surface area contributed by atoms with E-state index in [9.17, 15) is 0 Å². The van der Waals surface area contributed by atoms with Gasteiger partial charge in [-0.3, -0.25) is 0 Å². The largest absolute Gasteiger partial charge is 0.330 e. The second-order valence-electron chi connectivity index (χ2n) is 3.11. The Morgan fingerprint density at radius 2 is 2.11 bits per heavy atom. The number of hydrogen-bond donors (Lipinski definition) is 1. The number of hydrogen-bond acceptors (Lipinski definition) is 2. The highest BCUT2D eigenvalue weighted by Crippen LogP contribution is 2.09. The van der Waals surface area contributed by atoms with E-state index in [0.717, 1.165) is 18.5 Å². The molecular weight excluding hydrogens is 262 g/mol. The molecule has 0 amide bonds. The third-order valence-corrected chi connectivity index (χ3v) is 3.00. The van der Waals surface area contributed by atoms with Crippen LogP contribution in [0.25, 0.3) is 0 Å². The summed E-state index contributed by atoms with van der Waals surface area (Å²) >= 11 is 7.26. The maximum atomic E-state index is 5.50. The Kier molecular flexibility index (Phi) is 15.4. The van der Waals surface area contributed by atoms with E-state index in [2.05, 4.69) is 30.7 Å². The van der Waals surface area contributed by atoms with E-state index in [4.69, 9.17) is 17.3 Å². The van der Waals surface area contributed by atoms with Crippen molar-refractivity contribution in [2.75, 3.05) is 6.54 Å². The molecule has 0 unspecified atom stereocenters. The zero-order valence-electron chi connectivity index (χ0n) is 11.6. The van der Waals surface area contributed by atoms with Crippen LogP contribution >= 0.6 is 22.9 Å². The van der Waals surface area contributed by atoms with E-state index < -0.39 is 0 Å². The number of rotatable bonds is 4. The molecule has 102 valence electrons. The summed E-state index contributed by atoms with van der Waals surface area (Å²) in [7, 11) is 0. The monoisotopic (exact) mass is 285 g/mol. The van der Waals surface area contributed by atoms with Crippen LogP contribution in [0, 0.1) is 0 Å². The van der Waals surface area contributed by atoms with Crippen molar-refractivity contribution in [2.24, 2.45) is 5.73 Å². The average Bonchev–Trinajstić information content (AvgIpc) is 2.86. The predicted octanol–water partition coefficient (Wildman–Crippen LogP) is 5.15. The van der Waals surface area contributed by atoms with Gasteiger partial charge in [0.15, 0.2) is 0 Å². The SMILES string of the molecule is C=C/C=C(/C)C(=C)Cl.CC.NCCc1cccs1. The summed E-state index contributed by atoms with van der Waals surface area (Å²) in [6, 6.07) is 4.16. The van der Waals surface area contributed by atoms with Crippen LogP contribution in [0.4, 0.5) is 0 Å². The lowest BCUT2D eigenvalue weighted by atomic mass is 10.3. The van der Waals surface area contributed by atoms with Crippen LogP contribution in [0.1, 0.15) is 25.6 Å². The normalized spacial score (nSPS) is 9.50. The van der Waals surface area contributed by atoms with Crippen molar-refractivity contribution >= 4 is 22.9 Å². The van der Waals surface area contributed by atoms with Gasteiger partial charge in [-0.2, -0.15) is 0 Å². The Morgan fingerprint density at radius 3 is 2.39 bits per heavy atom. The third kappa shape index (κ3) is 11.6. The van der Waals surface area contributed by atoms with Gasteiger partial charge in [-0.15, -0.1) is 11.3 Å². The molecule has 0 saturated heterocycles. The van der Waals surface area contributed by atoms with Gasteiger partial charge in [-0.05, 0) is 36.9 Å². The van der Waals surface area contributed by atoms with Crippen molar-refractivity contribution in [3.05, 3.63) is 58.3 Å². The summed E-state index contributed by atoms with van der Waals surface area (Å²) in [5, 5.41) is 2.65. The first-order valence-corrected chi connectivity index (χ1v) is 7.24. The highest BCUT2D eigenvalue weighted by Gasteiger charge is 1.87. The van der Waals surface area contributed by atoms with E-state index in [-0.39, 0.29) is 0 Å². The molecule has 0 aliphatic heterocycles. The molecule has 0 saturated carbocycles. The minimum atomic E-state index is 0.574. The summed E-state index contributed by atoms with van der Waals surface area (Å²) in [4.78, 5) is 1.38. The Bertz CT molecular complexity index is 339. The van der Waals surface area contributed by atoms with Gasteiger partial charge < -0.3 is 5.73 Å². The second kappa shape index (κ2) is 14.2. The number of nitrogens with two attached hydrogens (primary N) is 1. The first-order chi connectivity index (χ1) is 8.61. The van der Waals surface area contributed by atoms with Crippen LogP contribution in [0.3, 0.4) is 0 Å². The smallest absolute Gasteiger partial charge is 0.0363 e. The summed E-state index contributed by atoms with van der Waals surface area (Å²) in [5.41, 5.74) is 6.29. The predicted molar refractivity (Wildman–Crippen MR) is 87.4 cm³/mol. The number of halogens is 1. The quantitative estimate of drug-likeness (QED) is 0.761. The van der Waals surface area contributed by atoms with Crippen molar-refractivity contribution < 1.29 is 0 Å². The van der Waals surface area contributed by atoms with Crippen LogP contribution in [0.2, 0.25) is 0 Å². The first kappa shape index (κ1) is 19.5. The van der Waals surface area contributed by atoms with Crippen LogP contribution < -0.4 is 5.73 Å². The molecule has 1 aromatic heterocycles. The molecule has 1 rings (SSSR count). The van der Waals surface area contributed by atoms with Crippen molar-refractivity contribution in [1.82, 2.24) is 0 Å². The fourth-order valence-corrected chi connectivity index (χ4v) is 1.65. The highest BCUT2D eigenvalue weighted by atomic mass is 35.5. The summed E-state index contributed by atoms with van der Waals surface area (Å²) in [5.74, 6) is 0. The lowest BCUT2D eigenvalue weighted by Crippen LogP contribution is -2.00. The summed E-state index contributed by atoms with van der Waals surface area (Å²) in [6.45, 7) is 13.7. The molecule has 0 radical (unpaired) electrons. The maximum absolute atomic E-state index is 5.50. The Balaban J connectivity index is 0.